The van der Waals surface area contributed by atoms with E-state index < -0.39 is 12.1 Å². The van der Waals surface area contributed by atoms with E-state index in [0.29, 0.717) is 13.0 Å². The van der Waals surface area contributed by atoms with Crippen LogP contribution in [0, 0.1) is 12.8 Å². The Morgan fingerprint density at radius 2 is 2.11 bits per heavy atom. The topological polar surface area (TPSA) is 24.9 Å². The average molecular weight is 272 g/mol. The van der Waals surface area contributed by atoms with E-state index >= 15 is 0 Å². The van der Waals surface area contributed by atoms with Gasteiger partial charge in [-0.2, -0.15) is 13.2 Å². The van der Waals surface area contributed by atoms with Crippen molar-refractivity contribution in [2.45, 2.75) is 51.4 Å². The molecule has 1 aliphatic rings. The van der Waals surface area contributed by atoms with Crippen molar-refractivity contribution in [2.75, 3.05) is 0 Å². The molecule has 2 nitrogen and oxygen atoms in total. The van der Waals surface area contributed by atoms with Gasteiger partial charge >= 0.3 is 6.18 Å². The number of aromatic nitrogens is 1. The molecule has 2 unspecified atom stereocenters. The van der Waals surface area contributed by atoms with Gasteiger partial charge < -0.3 is 5.32 Å². The molecule has 19 heavy (non-hydrogen) atoms. The molecule has 0 amide bonds. The van der Waals surface area contributed by atoms with Gasteiger partial charge in [-0.05, 0) is 37.8 Å². The van der Waals surface area contributed by atoms with E-state index in [1.807, 2.05) is 19.1 Å². The predicted octanol–water partition coefficient (Wildman–Crippen LogP) is 3.60. The molecule has 1 fully saturated rings. The van der Waals surface area contributed by atoms with Gasteiger partial charge in [-0.1, -0.05) is 12.5 Å². The van der Waals surface area contributed by atoms with Crippen LogP contribution in [-0.2, 0) is 6.54 Å². The highest BCUT2D eigenvalue weighted by atomic mass is 19.4. The molecule has 1 aliphatic carbocycles. The molecular formula is C14H19F3N2. The Labute approximate surface area is 111 Å². The summed E-state index contributed by atoms with van der Waals surface area (Å²) in [4.78, 5) is 4.25. The van der Waals surface area contributed by atoms with E-state index in [-0.39, 0.29) is 18.9 Å². The summed E-state index contributed by atoms with van der Waals surface area (Å²) in [6, 6.07) is 3.82. The maximum Gasteiger partial charge on any atom is 0.391 e. The molecule has 2 atom stereocenters. The molecule has 1 heterocycles. The van der Waals surface area contributed by atoms with E-state index in [1.54, 1.807) is 6.20 Å². The molecule has 0 radical (unpaired) electrons. The zero-order chi connectivity index (χ0) is 13.9. The summed E-state index contributed by atoms with van der Waals surface area (Å²) in [5.41, 5.74) is 1.96. The Morgan fingerprint density at radius 1 is 1.32 bits per heavy atom. The van der Waals surface area contributed by atoms with Crippen LogP contribution in [0.1, 0.15) is 36.9 Å². The third-order valence-electron chi connectivity index (χ3n) is 3.68. The van der Waals surface area contributed by atoms with Gasteiger partial charge in [-0.15, -0.1) is 0 Å². The fourth-order valence-corrected chi connectivity index (χ4v) is 2.52. The van der Waals surface area contributed by atoms with Crippen LogP contribution in [0.5, 0.6) is 0 Å². The van der Waals surface area contributed by atoms with Crippen molar-refractivity contribution < 1.29 is 13.2 Å². The zero-order valence-electron chi connectivity index (χ0n) is 11.0. The number of aryl methyl sites for hydroxylation is 1. The molecule has 2 rings (SSSR count). The molecule has 0 spiro atoms. The first-order valence-electron chi connectivity index (χ1n) is 6.67. The van der Waals surface area contributed by atoms with Gasteiger partial charge in [-0.25, -0.2) is 0 Å². The first kappa shape index (κ1) is 14.3. The molecule has 1 saturated carbocycles. The van der Waals surface area contributed by atoms with E-state index in [9.17, 15) is 13.2 Å². The van der Waals surface area contributed by atoms with Crippen molar-refractivity contribution in [1.29, 1.82) is 0 Å². The highest BCUT2D eigenvalue weighted by Gasteiger charge is 2.41. The van der Waals surface area contributed by atoms with Crippen molar-refractivity contribution in [3.05, 3.63) is 29.6 Å². The maximum absolute atomic E-state index is 12.7. The first-order chi connectivity index (χ1) is 8.95. The quantitative estimate of drug-likeness (QED) is 0.909. The number of rotatable bonds is 3. The predicted molar refractivity (Wildman–Crippen MR) is 67.6 cm³/mol. The largest absolute Gasteiger partial charge is 0.391 e. The number of hydrogen-bond donors (Lipinski definition) is 1. The third kappa shape index (κ3) is 4.20. The smallest absolute Gasteiger partial charge is 0.308 e. The second kappa shape index (κ2) is 5.90. The fraction of sp³-hybridized carbons (Fsp3) is 0.643. The van der Waals surface area contributed by atoms with E-state index in [4.69, 9.17) is 0 Å². The number of halogens is 3. The number of hydrogen-bond acceptors (Lipinski definition) is 2. The summed E-state index contributed by atoms with van der Waals surface area (Å²) in [6.45, 7) is 2.49. The van der Waals surface area contributed by atoms with E-state index in [0.717, 1.165) is 17.7 Å². The van der Waals surface area contributed by atoms with Crippen molar-refractivity contribution in [1.82, 2.24) is 10.3 Å². The third-order valence-corrected chi connectivity index (χ3v) is 3.68. The summed E-state index contributed by atoms with van der Waals surface area (Å²) < 4.78 is 38.0. The lowest BCUT2D eigenvalue weighted by atomic mass is 9.85. The van der Waals surface area contributed by atoms with Gasteiger partial charge in [0.2, 0.25) is 0 Å². The van der Waals surface area contributed by atoms with Gasteiger partial charge in [0.25, 0.3) is 0 Å². The van der Waals surface area contributed by atoms with Crippen molar-refractivity contribution >= 4 is 0 Å². The van der Waals surface area contributed by atoms with E-state index in [2.05, 4.69) is 10.3 Å². The van der Waals surface area contributed by atoms with Crippen LogP contribution in [0.4, 0.5) is 13.2 Å². The average Bonchev–Trinajstić information content (AvgIpc) is 2.37. The first-order valence-corrected chi connectivity index (χ1v) is 6.67. The number of nitrogens with zero attached hydrogens (tertiary/aromatic N) is 1. The minimum Gasteiger partial charge on any atom is -0.308 e. The summed E-state index contributed by atoms with van der Waals surface area (Å²) in [7, 11) is 0. The second-order valence-electron chi connectivity index (χ2n) is 5.31. The molecule has 0 saturated heterocycles. The van der Waals surface area contributed by atoms with Gasteiger partial charge in [0.05, 0.1) is 11.6 Å². The van der Waals surface area contributed by atoms with Crippen LogP contribution in [0.2, 0.25) is 0 Å². The van der Waals surface area contributed by atoms with Crippen LogP contribution in [0.25, 0.3) is 0 Å². The summed E-state index contributed by atoms with van der Waals surface area (Å²) in [6.07, 6.45) is -0.361. The van der Waals surface area contributed by atoms with Crippen LogP contribution < -0.4 is 5.32 Å². The number of nitrogens with one attached hydrogen (secondary N) is 1. The number of alkyl halides is 3. The lowest BCUT2D eigenvalue weighted by Gasteiger charge is -2.31. The Morgan fingerprint density at radius 3 is 2.74 bits per heavy atom. The molecule has 0 aliphatic heterocycles. The van der Waals surface area contributed by atoms with Crippen LogP contribution in [0.15, 0.2) is 18.3 Å². The number of pyridine rings is 1. The highest BCUT2D eigenvalue weighted by Crippen LogP contribution is 2.37. The van der Waals surface area contributed by atoms with Gasteiger partial charge in [0, 0.05) is 18.8 Å². The Kier molecular flexibility index (Phi) is 4.45. The second-order valence-corrected chi connectivity index (χ2v) is 5.31. The molecule has 1 aromatic rings. The van der Waals surface area contributed by atoms with E-state index in [1.165, 1.54) is 0 Å². The summed E-state index contributed by atoms with van der Waals surface area (Å²) in [5.74, 6) is -1.15. The molecule has 106 valence electrons. The molecule has 0 aromatic carbocycles. The monoisotopic (exact) mass is 272 g/mol. The lowest BCUT2D eigenvalue weighted by Crippen LogP contribution is -2.38. The van der Waals surface area contributed by atoms with Gasteiger partial charge in [0.15, 0.2) is 0 Å². The molecule has 5 heteroatoms. The fourth-order valence-electron chi connectivity index (χ4n) is 2.52. The molecular weight excluding hydrogens is 253 g/mol. The Bertz CT molecular complexity index is 400. The van der Waals surface area contributed by atoms with Crippen molar-refractivity contribution in [3.8, 4) is 0 Å². The van der Waals surface area contributed by atoms with Crippen LogP contribution in [0.3, 0.4) is 0 Å². The lowest BCUT2D eigenvalue weighted by molar-refractivity contribution is -0.183. The summed E-state index contributed by atoms with van der Waals surface area (Å²) >= 11 is 0. The molecule has 1 aromatic heterocycles. The maximum atomic E-state index is 12.7. The molecule has 1 N–H and O–H groups in total. The standard InChI is InChI=1S/C14H19F3N2/c1-10-5-6-13(18-8-10)9-19-12-4-2-3-11(7-12)14(15,16)17/h5-6,8,11-12,19H,2-4,7,9H2,1H3. The van der Waals surface area contributed by atoms with Gasteiger partial charge in [-0.3, -0.25) is 4.98 Å². The zero-order valence-corrected chi connectivity index (χ0v) is 11.0. The minimum atomic E-state index is -4.05. The minimum absolute atomic E-state index is 0.0523. The van der Waals surface area contributed by atoms with Crippen molar-refractivity contribution in [2.24, 2.45) is 5.92 Å². The Balaban J connectivity index is 1.84. The van der Waals surface area contributed by atoms with Crippen LogP contribution in [-0.4, -0.2) is 17.2 Å². The summed E-state index contributed by atoms with van der Waals surface area (Å²) in [5, 5.41) is 3.20. The Hall–Kier alpha value is -1.10. The molecule has 0 bridgehead atoms. The van der Waals surface area contributed by atoms with Crippen LogP contribution >= 0.6 is 0 Å². The highest BCUT2D eigenvalue weighted by molar-refractivity contribution is 5.12. The van der Waals surface area contributed by atoms with Gasteiger partial charge in [0.1, 0.15) is 0 Å². The SMILES string of the molecule is Cc1ccc(CNC2CCCC(C(F)(F)F)C2)nc1. The normalized spacial score (nSPS) is 24.4. The van der Waals surface area contributed by atoms with Crippen molar-refractivity contribution in [3.63, 3.8) is 0 Å².